The number of hydrogen-bond acceptors (Lipinski definition) is 8. The Kier molecular flexibility index (Phi) is 36.9. The van der Waals surface area contributed by atoms with Crippen molar-refractivity contribution in [3.05, 3.63) is 109 Å². The van der Waals surface area contributed by atoms with Gasteiger partial charge in [0.2, 0.25) is 0 Å². The number of phosphoric acid groups is 1. The van der Waals surface area contributed by atoms with Gasteiger partial charge >= 0.3 is 11.9 Å². The van der Waals surface area contributed by atoms with E-state index in [0.29, 0.717) is 23.9 Å². The summed E-state index contributed by atoms with van der Waals surface area (Å²) >= 11 is 0. The first-order valence-electron chi connectivity index (χ1n) is 21.6. The summed E-state index contributed by atoms with van der Waals surface area (Å²) in [6, 6.07) is 0. The number of rotatable bonds is 37. The van der Waals surface area contributed by atoms with Crippen molar-refractivity contribution in [1.82, 2.24) is 0 Å². The highest BCUT2D eigenvalue weighted by Crippen LogP contribution is 2.38. The van der Waals surface area contributed by atoms with Crippen LogP contribution in [0.2, 0.25) is 0 Å². The monoisotopic (exact) mass is 828 g/mol. The van der Waals surface area contributed by atoms with Gasteiger partial charge in [-0.3, -0.25) is 14.2 Å². The van der Waals surface area contributed by atoms with Gasteiger partial charge in [-0.15, -0.1) is 0 Å². The van der Waals surface area contributed by atoms with Crippen LogP contribution in [0.1, 0.15) is 129 Å². The van der Waals surface area contributed by atoms with E-state index >= 15 is 0 Å². The summed E-state index contributed by atoms with van der Waals surface area (Å²) in [5.41, 5.74) is 0. The van der Waals surface area contributed by atoms with Crippen LogP contribution in [-0.4, -0.2) is 70.0 Å². The molecule has 2 unspecified atom stereocenters. The fourth-order valence-corrected chi connectivity index (χ4v) is 5.69. The maximum Gasteiger partial charge on any atom is 0.306 e. The molecule has 0 saturated carbocycles. The highest BCUT2D eigenvalue weighted by molar-refractivity contribution is 7.45. The van der Waals surface area contributed by atoms with Crippen molar-refractivity contribution in [3.8, 4) is 0 Å². The number of phosphoric ester groups is 1. The van der Waals surface area contributed by atoms with Crippen LogP contribution in [0, 0.1) is 0 Å². The van der Waals surface area contributed by atoms with Crippen molar-refractivity contribution in [2.24, 2.45) is 0 Å². The maximum absolute atomic E-state index is 12.7. The Morgan fingerprint density at radius 2 is 0.931 bits per heavy atom. The molecule has 0 spiro atoms. The van der Waals surface area contributed by atoms with Gasteiger partial charge < -0.3 is 27.9 Å². The van der Waals surface area contributed by atoms with E-state index in [-0.39, 0.29) is 26.1 Å². The van der Waals surface area contributed by atoms with Gasteiger partial charge in [0.05, 0.1) is 27.7 Å². The second kappa shape index (κ2) is 39.1. The predicted octanol–water partition coefficient (Wildman–Crippen LogP) is 11.7. The number of ether oxygens (including phenoxy) is 2. The zero-order valence-electron chi connectivity index (χ0n) is 36.7. The van der Waals surface area contributed by atoms with Gasteiger partial charge in [0.15, 0.2) is 6.10 Å². The molecule has 0 aromatic carbocycles. The fraction of sp³-hybridized carbons (Fsp3) is 0.583. The van der Waals surface area contributed by atoms with E-state index in [1.165, 1.54) is 0 Å². The third-order valence-corrected chi connectivity index (χ3v) is 9.25. The average Bonchev–Trinajstić information content (AvgIpc) is 3.17. The highest BCUT2D eigenvalue weighted by atomic mass is 31.2. The van der Waals surface area contributed by atoms with Crippen LogP contribution in [0.4, 0.5) is 0 Å². The number of carbonyl (C=O) groups excluding carboxylic acids is 2. The summed E-state index contributed by atoms with van der Waals surface area (Å²) in [7, 11) is 1.10. The van der Waals surface area contributed by atoms with Gasteiger partial charge in [-0.05, 0) is 96.3 Å². The van der Waals surface area contributed by atoms with E-state index < -0.39 is 32.5 Å². The quantitative estimate of drug-likeness (QED) is 0.0200. The Morgan fingerprint density at radius 3 is 1.38 bits per heavy atom. The lowest BCUT2D eigenvalue weighted by Gasteiger charge is -2.28. The van der Waals surface area contributed by atoms with Gasteiger partial charge in [-0.25, -0.2) is 0 Å². The third-order valence-electron chi connectivity index (χ3n) is 8.29. The van der Waals surface area contributed by atoms with E-state index in [0.717, 1.165) is 89.9 Å². The number of unbranched alkanes of at least 4 members (excludes halogenated alkanes) is 5. The maximum atomic E-state index is 12.7. The Bertz CT molecular complexity index is 1350. The Labute approximate surface area is 353 Å². The van der Waals surface area contributed by atoms with Crippen LogP contribution >= 0.6 is 7.82 Å². The average molecular weight is 828 g/mol. The molecule has 0 amide bonds. The molecule has 0 fully saturated rings. The molecule has 0 aromatic rings. The molecular weight excluding hydrogens is 750 g/mol. The number of carbonyl (C=O) groups is 2. The second-order valence-electron chi connectivity index (χ2n) is 14.9. The van der Waals surface area contributed by atoms with Crippen molar-refractivity contribution in [3.63, 3.8) is 0 Å². The molecular formula is C48H78NO8P. The largest absolute Gasteiger partial charge is 0.756 e. The SMILES string of the molecule is CC/C=C\C/C=C\C/C=C\C/C=C\C/C=C\CCCCCC(=O)OC(COC(=O)CCCC/C=C\C/C=C\C/C=C\C/C=C\CC)COP(=O)([O-])OCC[N+](C)(C)C. The minimum atomic E-state index is -4.65. The number of likely N-dealkylation sites (N-methyl/N-ethyl adjacent to an activating group) is 1. The van der Waals surface area contributed by atoms with E-state index in [2.05, 4.69) is 123 Å². The molecule has 10 heteroatoms. The lowest BCUT2D eigenvalue weighted by molar-refractivity contribution is -0.870. The van der Waals surface area contributed by atoms with E-state index in [1.54, 1.807) is 0 Å². The van der Waals surface area contributed by atoms with Crippen molar-refractivity contribution >= 4 is 19.8 Å². The summed E-state index contributed by atoms with van der Waals surface area (Å²) in [5.74, 6) is -0.935. The standard InChI is InChI=1S/C48H78NO8P/c1-6-8-10-12-14-16-18-20-22-23-24-25-27-29-31-33-35-37-39-41-48(51)57-46(45-56-58(52,53)55-43-42-49(3,4)5)44-54-47(50)40-38-36-34-32-30-28-26-21-19-17-15-13-11-9-7-2/h8-11,14-17,20-22,24-26,29-32,46H,6-7,12-13,18-19,23,27-28,33-45H2,1-5H3/b10-8-,11-9-,16-14-,17-15-,22-20-,25-24-,26-21-,31-29-,32-30-. The number of esters is 2. The van der Waals surface area contributed by atoms with Gasteiger partial charge in [0.1, 0.15) is 19.8 Å². The van der Waals surface area contributed by atoms with Gasteiger partial charge in [-0.1, -0.05) is 130 Å². The zero-order chi connectivity index (χ0) is 42.8. The molecule has 0 rings (SSSR count). The predicted molar refractivity (Wildman–Crippen MR) is 240 cm³/mol. The second-order valence-corrected chi connectivity index (χ2v) is 16.4. The molecule has 0 aliphatic heterocycles. The molecule has 0 bridgehead atoms. The smallest absolute Gasteiger partial charge is 0.306 e. The number of quaternary nitrogens is 1. The summed E-state index contributed by atoms with van der Waals surface area (Å²) in [6.45, 7) is 3.87. The minimum Gasteiger partial charge on any atom is -0.756 e. The molecule has 2 atom stereocenters. The Hall–Kier alpha value is -3.33. The number of hydrogen-bond donors (Lipinski definition) is 0. The first-order valence-corrected chi connectivity index (χ1v) is 23.1. The lowest BCUT2D eigenvalue weighted by Crippen LogP contribution is -2.37. The molecule has 9 nitrogen and oxygen atoms in total. The summed E-state index contributed by atoms with van der Waals surface area (Å²) in [6.07, 6.45) is 52.6. The summed E-state index contributed by atoms with van der Waals surface area (Å²) in [4.78, 5) is 37.5. The molecule has 0 aliphatic carbocycles. The molecule has 0 aromatic heterocycles. The summed E-state index contributed by atoms with van der Waals surface area (Å²) < 4.78 is 33.8. The molecule has 0 aliphatic rings. The van der Waals surface area contributed by atoms with Crippen LogP contribution in [-0.2, 0) is 32.7 Å². The van der Waals surface area contributed by atoms with Crippen LogP contribution in [0.3, 0.4) is 0 Å². The van der Waals surface area contributed by atoms with Gasteiger partial charge in [-0.2, -0.15) is 0 Å². The van der Waals surface area contributed by atoms with Crippen LogP contribution in [0.15, 0.2) is 109 Å². The third kappa shape index (κ3) is 42.3. The van der Waals surface area contributed by atoms with Crippen molar-refractivity contribution in [2.75, 3.05) is 47.5 Å². The van der Waals surface area contributed by atoms with E-state index in [4.69, 9.17) is 18.5 Å². The van der Waals surface area contributed by atoms with Crippen LogP contribution < -0.4 is 4.89 Å². The molecule has 58 heavy (non-hydrogen) atoms. The molecule has 0 radical (unpaired) electrons. The van der Waals surface area contributed by atoms with Gasteiger partial charge in [0.25, 0.3) is 7.82 Å². The molecule has 0 N–H and O–H groups in total. The fourth-order valence-electron chi connectivity index (χ4n) is 4.96. The van der Waals surface area contributed by atoms with E-state index in [1.807, 2.05) is 21.1 Å². The molecule has 0 saturated heterocycles. The zero-order valence-corrected chi connectivity index (χ0v) is 37.6. The minimum absolute atomic E-state index is 0.0513. The topological polar surface area (TPSA) is 111 Å². The van der Waals surface area contributed by atoms with Crippen LogP contribution in [0.25, 0.3) is 0 Å². The first kappa shape index (κ1) is 54.7. The molecule has 328 valence electrons. The Balaban J connectivity index is 4.53. The van der Waals surface area contributed by atoms with E-state index in [9.17, 15) is 19.0 Å². The Morgan fingerprint density at radius 1 is 0.534 bits per heavy atom. The van der Waals surface area contributed by atoms with Crippen LogP contribution in [0.5, 0.6) is 0 Å². The summed E-state index contributed by atoms with van der Waals surface area (Å²) in [5, 5.41) is 0. The highest BCUT2D eigenvalue weighted by Gasteiger charge is 2.21. The number of allylic oxidation sites excluding steroid dienone is 18. The lowest BCUT2D eigenvalue weighted by atomic mass is 10.1. The van der Waals surface area contributed by atoms with Crippen molar-refractivity contribution in [1.29, 1.82) is 0 Å². The normalized spacial score (nSPS) is 14.7. The van der Waals surface area contributed by atoms with Crippen molar-refractivity contribution < 1.29 is 42.1 Å². The molecule has 0 heterocycles. The van der Waals surface area contributed by atoms with Gasteiger partial charge in [0, 0.05) is 12.8 Å². The van der Waals surface area contributed by atoms with Crippen molar-refractivity contribution in [2.45, 2.75) is 136 Å². The first-order chi connectivity index (χ1) is 28.0. The number of nitrogens with zero attached hydrogens (tertiary/aromatic N) is 1.